The highest BCUT2D eigenvalue weighted by Crippen LogP contribution is 2.75. The summed E-state index contributed by atoms with van der Waals surface area (Å²) in [4.78, 5) is 37.2. The van der Waals surface area contributed by atoms with Crippen molar-refractivity contribution in [2.75, 3.05) is 26.6 Å². The summed E-state index contributed by atoms with van der Waals surface area (Å²) in [5, 5.41) is 0. The highest BCUT2D eigenvalue weighted by Gasteiger charge is 2.79. The van der Waals surface area contributed by atoms with Crippen LogP contribution in [0, 0.1) is 28.6 Å². The molecule has 0 radical (unpaired) electrons. The molecule has 0 unspecified atom stereocenters. The van der Waals surface area contributed by atoms with Crippen molar-refractivity contribution >= 4 is 17.5 Å². The van der Waals surface area contributed by atoms with E-state index in [1.807, 2.05) is 13.0 Å². The second-order valence-corrected chi connectivity index (χ2v) is 11.0. The lowest BCUT2D eigenvalue weighted by molar-refractivity contribution is -0.158. The molecule has 0 amide bonds. The van der Waals surface area contributed by atoms with E-state index >= 15 is 0 Å². The van der Waals surface area contributed by atoms with Crippen LogP contribution in [-0.4, -0.2) is 55.9 Å². The predicted octanol–water partition coefficient (Wildman–Crippen LogP) is 3.39. The topological polar surface area (TPSA) is 91.4 Å². The fraction of sp³-hybridized carbons (Fsp3) is 0.808. The van der Waals surface area contributed by atoms with E-state index in [2.05, 4.69) is 13.8 Å². The van der Waals surface area contributed by atoms with Crippen molar-refractivity contribution in [1.29, 1.82) is 0 Å². The number of esters is 1. The lowest BCUT2D eigenvalue weighted by Gasteiger charge is -2.55. The standard InChI is InChI=1S/C26H36O7/c1-4-30-15-31-14-23(29)32-13-21(28)20-8-7-18-19-6-5-16-11-17(27)9-10-25(16,3)26(19)22(33-26)12-24(18,20)2/h11,18-20,22H,4-10,12-15H2,1-3H3/t18-,19-,20+,22-,24-,25-,26+/m0/s1. The minimum atomic E-state index is -0.540. The Labute approximate surface area is 195 Å². The smallest absolute Gasteiger partial charge is 0.332 e. The maximum absolute atomic E-state index is 13.2. The van der Waals surface area contributed by atoms with Gasteiger partial charge in [-0.05, 0) is 68.8 Å². The molecule has 5 rings (SSSR count). The summed E-state index contributed by atoms with van der Waals surface area (Å²) in [6.07, 6.45) is 8.22. The van der Waals surface area contributed by atoms with Crippen LogP contribution in [-0.2, 0) is 33.3 Å². The molecule has 3 saturated carbocycles. The largest absolute Gasteiger partial charge is 0.456 e. The Morgan fingerprint density at radius 3 is 2.70 bits per heavy atom. The fourth-order valence-corrected chi connectivity index (χ4v) is 8.10. The fourth-order valence-electron chi connectivity index (χ4n) is 8.10. The first kappa shape index (κ1) is 23.2. The summed E-state index contributed by atoms with van der Waals surface area (Å²) in [5.74, 6) is 0.453. The summed E-state index contributed by atoms with van der Waals surface area (Å²) in [6, 6.07) is 0. The number of ketones is 2. The number of Topliss-reactive ketones (excluding diaryl/α,β-unsaturated/α-hetero) is 1. The van der Waals surface area contributed by atoms with Gasteiger partial charge in [0.05, 0.1) is 6.10 Å². The zero-order chi connectivity index (χ0) is 23.4. The SMILES string of the molecule is CCOCOCC(=O)OCC(=O)[C@H]1CC[C@H]2[C@@H]3CCC4=CC(=O)CC[C@]4(C)[C@@]34O[C@H]4C[C@]12C. The van der Waals surface area contributed by atoms with E-state index in [-0.39, 0.29) is 60.0 Å². The monoisotopic (exact) mass is 460 g/mol. The molecule has 1 spiro atoms. The summed E-state index contributed by atoms with van der Waals surface area (Å²) in [7, 11) is 0. The Kier molecular flexibility index (Phi) is 5.82. The van der Waals surface area contributed by atoms with Gasteiger partial charge in [0.25, 0.3) is 0 Å². The molecule has 4 fully saturated rings. The number of carbonyl (C=O) groups excluding carboxylic acids is 3. The number of carbonyl (C=O) groups is 3. The first-order valence-corrected chi connectivity index (χ1v) is 12.5. The number of hydrogen-bond acceptors (Lipinski definition) is 7. The Morgan fingerprint density at radius 1 is 1.09 bits per heavy atom. The maximum atomic E-state index is 13.2. The Balaban J connectivity index is 1.26. The number of hydrogen-bond donors (Lipinski definition) is 0. The molecule has 0 aromatic rings. The van der Waals surface area contributed by atoms with E-state index in [0.29, 0.717) is 24.9 Å². The van der Waals surface area contributed by atoms with Gasteiger partial charge in [-0.3, -0.25) is 9.59 Å². The highest BCUT2D eigenvalue weighted by atomic mass is 16.7. The van der Waals surface area contributed by atoms with Crippen molar-refractivity contribution in [1.82, 2.24) is 0 Å². The molecular formula is C26H36O7. The van der Waals surface area contributed by atoms with Crippen LogP contribution in [0.15, 0.2) is 11.6 Å². The number of epoxide rings is 1. The summed E-state index contributed by atoms with van der Waals surface area (Å²) >= 11 is 0. The Bertz CT molecular complexity index is 880. The van der Waals surface area contributed by atoms with E-state index in [4.69, 9.17) is 18.9 Å². The molecule has 1 heterocycles. The molecule has 0 bridgehead atoms. The average molecular weight is 461 g/mol. The molecule has 0 aromatic carbocycles. The van der Waals surface area contributed by atoms with Crippen LogP contribution >= 0.6 is 0 Å². The van der Waals surface area contributed by atoms with Crippen molar-refractivity contribution < 1.29 is 33.3 Å². The molecule has 7 nitrogen and oxygen atoms in total. The summed E-state index contributed by atoms with van der Waals surface area (Å²) in [6.45, 7) is 6.55. The van der Waals surface area contributed by atoms with Gasteiger partial charge in [-0.25, -0.2) is 4.79 Å². The minimum absolute atomic E-state index is 0.0113. The third kappa shape index (κ3) is 3.45. The van der Waals surface area contributed by atoms with Crippen LogP contribution in [0.1, 0.15) is 65.7 Å². The molecule has 1 saturated heterocycles. The zero-order valence-electron chi connectivity index (χ0n) is 20.0. The predicted molar refractivity (Wildman–Crippen MR) is 118 cm³/mol. The van der Waals surface area contributed by atoms with Crippen molar-refractivity contribution in [3.8, 4) is 0 Å². The van der Waals surface area contributed by atoms with Crippen LogP contribution < -0.4 is 0 Å². The normalized spacial score (nSPS) is 43.0. The first-order valence-electron chi connectivity index (χ1n) is 12.5. The second-order valence-electron chi connectivity index (χ2n) is 11.0. The molecule has 182 valence electrons. The van der Waals surface area contributed by atoms with Gasteiger partial charge in [0.15, 0.2) is 11.6 Å². The van der Waals surface area contributed by atoms with Crippen LogP contribution in [0.25, 0.3) is 0 Å². The van der Waals surface area contributed by atoms with Crippen LogP contribution in [0.4, 0.5) is 0 Å². The van der Waals surface area contributed by atoms with Gasteiger partial charge in [-0.15, -0.1) is 0 Å². The van der Waals surface area contributed by atoms with Gasteiger partial charge in [-0.1, -0.05) is 19.4 Å². The van der Waals surface area contributed by atoms with Crippen molar-refractivity contribution in [2.24, 2.45) is 28.6 Å². The molecule has 1 aliphatic heterocycles. The van der Waals surface area contributed by atoms with Gasteiger partial charge in [0.1, 0.15) is 25.6 Å². The van der Waals surface area contributed by atoms with E-state index < -0.39 is 5.97 Å². The number of fused-ring (bicyclic) bond motifs is 3. The molecule has 7 atom stereocenters. The van der Waals surface area contributed by atoms with Crippen molar-refractivity contribution in [3.63, 3.8) is 0 Å². The number of ether oxygens (including phenoxy) is 4. The van der Waals surface area contributed by atoms with Crippen LogP contribution in [0.3, 0.4) is 0 Å². The van der Waals surface area contributed by atoms with Gasteiger partial charge in [-0.2, -0.15) is 0 Å². The third-order valence-electron chi connectivity index (χ3n) is 9.69. The Morgan fingerprint density at radius 2 is 1.91 bits per heavy atom. The molecule has 0 N–H and O–H groups in total. The molecule has 5 aliphatic rings. The van der Waals surface area contributed by atoms with Crippen LogP contribution in [0.2, 0.25) is 0 Å². The lowest BCUT2D eigenvalue weighted by Crippen LogP contribution is -2.57. The maximum Gasteiger partial charge on any atom is 0.332 e. The van der Waals surface area contributed by atoms with Crippen molar-refractivity contribution in [2.45, 2.75) is 77.4 Å². The van der Waals surface area contributed by atoms with E-state index in [0.717, 1.165) is 38.5 Å². The highest BCUT2D eigenvalue weighted by molar-refractivity contribution is 5.92. The molecular weight excluding hydrogens is 424 g/mol. The van der Waals surface area contributed by atoms with E-state index in [9.17, 15) is 14.4 Å². The second kappa shape index (κ2) is 8.28. The Hall–Kier alpha value is -1.57. The average Bonchev–Trinajstić information content (AvgIpc) is 3.40. The van der Waals surface area contributed by atoms with E-state index in [1.54, 1.807) is 0 Å². The van der Waals surface area contributed by atoms with E-state index in [1.165, 1.54) is 5.57 Å². The molecule has 4 aliphatic carbocycles. The van der Waals surface area contributed by atoms with Crippen LogP contribution in [0.5, 0.6) is 0 Å². The summed E-state index contributed by atoms with van der Waals surface area (Å²) in [5.41, 5.74) is 0.927. The molecule has 0 aromatic heterocycles. The van der Waals surface area contributed by atoms with Crippen molar-refractivity contribution in [3.05, 3.63) is 11.6 Å². The molecule has 7 heteroatoms. The number of rotatable bonds is 8. The molecule has 33 heavy (non-hydrogen) atoms. The van der Waals surface area contributed by atoms with Gasteiger partial charge in [0, 0.05) is 24.4 Å². The third-order valence-corrected chi connectivity index (χ3v) is 9.69. The minimum Gasteiger partial charge on any atom is -0.456 e. The quantitative estimate of drug-likeness (QED) is 0.237. The zero-order valence-corrected chi connectivity index (χ0v) is 20.0. The van der Waals surface area contributed by atoms with Gasteiger partial charge < -0.3 is 18.9 Å². The summed E-state index contributed by atoms with van der Waals surface area (Å²) < 4.78 is 21.9. The van der Waals surface area contributed by atoms with Gasteiger partial charge >= 0.3 is 5.97 Å². The first-order chi connectivity index (χ1) is 15.8. The lowest BCUT2D eigenvalue weighted by atomic mass is 9.46. The van der Waals surface area contributed by atoms with Gasteiger partial charge in [0.2, 0.25) is 0 Å².